The normalized spacial score (nSPS) is 11.5. The molecule has 0 saturated heterocycles. The zero-order valence-corrected chi connectivity index (χ0v) is 12.8. The quantitative estimate of drug-likeness (QED) is 0.308. The van der Waals surface area contributed by atoms with Gasteiger partial charge in [-0.3, -0.25) is 4.79 Å². The van der Waals surface area contributed by atoms with E-state index in [-0.39, 0.29) is 0 Å². The molecule has 1 aromatic carbocycles. The van der Waals surface area contributed by atoms with Crippen LogP contribution in [0.4, 0.5) is 0 Å². The average molecular weight is 274 g/mol. The minimum atomic E-state index is -1.22. The molecule has 1 rings (SSSR count). The highest BCUT2D eigenvalue weighted by atomic mass is 28.3. The lowest BCUT2D eigenvalue weighted by atomic mass is 10.2. The Morgan fingerprint density at radius 3 is 2.74 bits per heavy atom. The van der Waals surface area contributed by atoms with E-state index in [1.54, 1.807) is 6.08 Å². The van der Waals surface area contributed by atoms with Gasteiger partial charge in [-0.1, -0.05) is 37.4 Å². The lowest BCUT2D eigenvalue weighted by molar-refractivity contribution is -0.104. The Hall–Kier alpha value is -1.61. The van der Waals surface area contributed by atoms with Gasteiger partial charge in [0.05, 0.1) is 14.7 Å². The van der Waals surface area contributed by atoms with Gasteiger partial charge in [-0.25, -0.2) is 0 Å². The third-order valence-corrected chi connectivity index (χ3v) is 5.96. The van der Waals surface area contributed by atoms with E-state index in [4.69, 9.17) is 4.74 Å². The van der Waals surface area contributed by atoms with Crippen LogP contribution in [0, 0.1) is 0 Å². The van der Waals surface area contributed by atoms with Gasteiger partial charge in [-0.15, -0.1) is 6.58 Å². The summed E-state index contributed by atoms with van der Waals surface area (Å²) in [4.78, 5) is 10.4. The molecule has 3 heteroatoms. The second-order valence-corrected chi connectivity index (χ2v) is 10.5. The Morgan fingerprint density at radius 1 is 1.32 bits per heavy atom. The molecule has 0 spiro atoms. The first kappa shape index (κ1) is 15.4. The molecule has 0 atom stereocenters. The maximum Gasteiger partial charge on any atom is 0.142 e. The van der Waals surface area contributed by atoms with E-state index in [0.717, 1.165) is 36.3 Å². The van der Waals surface area contributed by atoms with Crippen molar-refractivity contribution in [2.75, 3.05) is 6.61 Å². The number of ether oxygens (including phenoxy) is 1. The molecule has 0 N–H and O–H groups in total. The van der Waals surface area contributed by atoms with Crippen LogP contribution in [0.15, 0.2) is 43.0 Å². The van der Waals surface area contributed by atoms with Crippen molar-refractivity contribution in [3.63, 3.8) is 0 Å². The Kier molecular flexibility index (Phi) is 6.29. The highest BCUT2D eigenvalue weighted by Crippen LogP contribution is 2.21. The first-order valence-corrected chi connectivity index (χ1v) is 9.95. The summed E-state index contributed by atoms with van der Waals surface area (Å²) in [7, 11) is -1.22. The van der Waals surface area contributed by atoms with Crippen LogP contribution >= 0.6 is 0 Å². The fourth-order valence-corrected chi connectivity index (χ4v) is 3.46. The van der Waals surface area contributed by atoms with Crippen LogP contribution in [-0.4, -0.2) is 21.0 Å². The zero-order chi connectivity index (χ0) is 14.1. The SMILES string of the molecule is C=CC[Si](C)(C)CCOc1ccccc1/C=C/C=O. The standard InChI is InChI=1S/C16H22O2Si/c1-4-13-19(2,3)14-12-18-16-10-6-5-8-15(16)9-7-11-17/h4-11H,1,12-14H2,2-3H3/b9-7+. The molecule has 2 nitrogen and oxygen atoms in total. The highest BCUT2D eigenvalue weighted by molar-refractivity contribution is 6.77. The zero-order valence-electron chi connectivity index (χ0n) is 11.8. The first-order chi connectivity index (χ1) is 9.09. The minimum absolute atomic E-state index is 0.721. The summed E-state index contributed by atoms with van der Waals surface area (Å²) in [6.07, 6.45) is 6.04. The molecule has 0 amide bonds. The molecule has 0 bridgehead atoms. The number of para-hydroxylation sites is 1. The van der Waals surface area contributed by atoms with Crippen molar-refractivity contribution < 1.29 is 9.53 Å². The molecule has 0 aliphatic rings. The molecule has 1 aromatic rings. The minimum Gasteiger partial charge on any atom is -0.493 e. The summed E-state index contributed by atoms with van der Waals surface area (Å²) in [5.74, 6) is 0.837. The number of allylic oxidation sites excluding steroid dienone is 2. The largest absolute Gasteiger partial charge is 0.493 e. The van der Waals surface area contributed by atoms with Crippen molar-refractivity contribution in [2.24, 2.45) is 0 Å². The number of rotatable bonds is 8. The summed E-state index contributed by atoms with van der Waals surface area (Å²) in [6, 6.07) is 9.98. The van der Waals surface area contributed by atoms with Crippen molar-refractivity contribution in [3.8, 4) is 5.75 Å². The number of hydrogen-bond donors (Lipinski definition) is 0. The van der Waals surface area contributed by atoms with Gasteiger partial charge in [0.25, 0.3) is 0 Å². The summed E-state index contributed by atoms with van der Waals surface area (Å²) in [5.41, 5.74) is 0.942. The smallest absolute Gasteiger partial charge is 0.142 e. The lowest BCUT2D eigenvalue weighted by Gasteiger charge is -2.20. The molecule has 0 aromatic heterocycles. The summed E-state index contributed by atoms with van der Waals surface area (Å²) in [6.45, 7) is 9.22. The molecule has 0 radical (unpaired) electrons. The highest BCUT2D eigenvalue weighted by Gasteiger charge is 2.18. The first-order valence-electron chi connectivity index (χ1n) is 6.53. The summed E-state index contributed by atoms with van der Waals surface area (Å²) >= 11 is 0. The van der Waals surface area contributed by atoms with Crippen molar-refractivity contribution in [1.29, 1.82) is 0 Å². The van der Waals surface area contributed by atoms with Crippen LogP contribution in [0.3, 0.4) is 0 Å². The maximum atomic E-state index is 10.4. The Balaban J connectivity index is 2.60. The molecular formula is C16H22O2Si. The number of carbonyl (C=O) groups is 1. The van der Waals surface area contributed by atoms with Crippen molar-refractivity contribution in [3.05, 3.63) is 48.6 Å². The van der Waals surface area contributed by atoms with Crippen LogP contribution in [0.25, 0.3) is 6.08 Å². The van der Waals surface area contributed by atoms with Crippen LogP contribution in [0.5, 0.6) is 5.75 Å². The summed E-state index contributed by atoms with van der Waals surface area (Å²) in [5, 5.41) is 0. The molecule has 0 aliphatic heterocycles. The van der Waals surface area contributed by atoms with Gasteiger partial charge in [0.1, 0.15) is 12.0 Å². The number of hydrogen-bond acceptors (Lipinski definition) is 2. The Labute approximate surface area is 116 Å². The topological polar surface area (TPSA) is 26.3 Å². The van der Waals surface area contributed by atoms with E-state index in [9.17, 15) is 4.79 Å². The molecule has 0 aliphatic carbocycles. The van der Waals surface area contributed by atoms with Crippen LogP contribution in [0.2, 0.25) is 25.2 Å². The van der Waals surface area contributed by atoms with Crippen molar-refractivity contribution >= 4 is 20.4 Å². The van der Waals surface area contributed by atoms with E-state index in [1.165, 1.54) is 6.08 Å². The van der Waals surface area contributed by atoms with Gasteiger partial charge in [0.15, 0.2) is 0 Å². The Bertz CT molecular complexity index is 450. The number of carbonyl (C=O) groups excluding carboxylic acids is 1. The molecule has 0 saturated carbocycles. The van der Waals surface area contributed by atoms with E-state index < -0.39 is 8.07 Å². The molecule has 0 fully saturated rings. The van der Waals surface area contributed by atoms with Crippen molar-refractivity contribution in [2.45, 2.75) is 25.2 Å². The predicted octanol–water partition coefficient (Wildman–Crippen LogP) is 4.17. The molecule has 0 heterocycles. The average Bonchev–Trinajstić information content (AvgIpc) is 2.37. The number of aldehydes is 1. The third kappa shape index (κ3) is 5.70. The fraction of sp³-hybridized carbons (Fsp3) is 0.312. The second kappa shape index (κ2) is 7.74. The van der Waals surface area contributed by atoms with Crippen LogP contribution in [0.1, 0.15) is 5.56 Å². The van der Waals surface area contributed by atoms with E-state index in [2.05, 4.69) is 19.7 Å². The van der Waals surface area contributed by atoms with Crippen LogP contribution in [-0.2, 0) is 4.79 Å². The van der Waals surface area contributed by atoms with Gasteiger partial charge in [0.2, 0.25) is 0 Å². The fourth-order valence-electron chi connectivity index (χ4n) is 1.82. The van der Waals surface area contributed by atoms with E-state index >= 15 is 0 Å². The molecule has 102 valence electrons. The van der Waals surface area contributed by atoms with Gasteiger partial charge >= 0.3 is 0 Å². The Morgan fingerprint density at radius 2 is 2.05 bits per heavy atom. The molecular weight excluding hydrogens is 252 g/mol. The van der Waals surface area contributed by atoms with Gasteiger partial charge in [0, 0.05) is 5.56 Å². The summed E-state index contributed by atoms with van der Waals surface area (Å²) < 4.78 is 5.85. The third-order valence-electron chi connectivity index (χ3n) is 3.01. The van der Waals surface area contributed by atoms with E-state index in [0.29, 0.717) is 0 Å². The number of benzene rings is 1. The van der Waals surface area contributed by atoms with Crippen molar-refractivity contribution in [1.82, 2.24) is 0 Å². The van der Waals surface area contributed by atoms with Gasteiger partial charge in [-0.05, 0) is 30.3 Å². The predicted molar refractivity (Wildman–Crippen MR) is 84.3 cm³/mol. The van der Waals surface area contributed by atoms with Crippen LogP contribution < -0.4 is 4.74 Å². The maximum absolute atomic E-state index is 10.4. The molecule has 0 unspecified atom stereocenters. The second-order valence-electron chi connectivity index (χ2n) is 5.29. The van der Waals surface area contributed by atoms with Gasteiger partial charge in [-0.2, -0.15) is 0 Å². The monoisotopic (exact) mass is 274 g/mol. The molecule has 19 heavy (non-hydrogen) atoms. The van der Waals surface area contributed by atoms with E-state index in [1.807, 2.05) is 30.3 Å². The lowest BCUT2D eigenvalue weighted by Crippen LogP contribution is -2.26. The van der Waals surface area contributed by atoms with Gasteiger partial charge < -0.3 is 4.74 Å².